The van der Waals surface area contributed by atoms with Crippen LogP contribution in [0.1, 0.15) is 38.6 Å². The zero-order chi connectivity index (χ0) is 15.7. The van der Waals surface area contributed by atoms with Crippen molar-refractivity contribution in [3.8, 4) is 0 Å². The molecule has 0 atom stereocenters. The predicted octanol–water partition coefficient (Wildman–Crippen LogP) is 0.525. The van der Waals surface area contributed by atoms with Gasteiger partial charge in [-0.25, -0.2) is 9.78 Å². The Morgan fingerprint density at radius 1 is 1.24 bits per heavy atom. The Hall–Kier alpha value is -1.89. The van der Waals surface area contributed by atoms with Gasteiger partial charge in [0.2, 0.25) is 0 Å². The van der Waals surface area contributed by atoms with Crippen LogP contribution in [0.3, 0.4) is 0 Å². The minimum absolute atomic E-state index is 0.0596. The fraction of sp³-hybridized carbons (Fsp3) is 0.643. The molecular weight excluding hydrogens is 270 g/mol. The van der Waals surface area contributed by atoms with E-state index in [2.05, 4.69) is 4.98 Å². The SMILES string of the molecule is Cc1nc2c(c(=O)n(CCCCN)c(=O)n2C(C)C)n1C. The van der Waals surface area contributed by atoms with Gasteiger partial charge in [-0.15, -0.1) is 0 Å². The lowest BCUT2D eigenvalue weighted by Gasteiger charge is -2.14. The molecule has 2 heterocycles. The Morgan fingerprint density at radius 2 is 1.90 bits per heavy atom. The lowest BCUT2D eigenvalue weighted by atomic mass is 10.3. The summed E-state index contributed by atoms with van der Waals surface area (Å²) in [7, 11) is 1.80. The lowest BCUT2D eigenvalue weighted by Crippen LogP contribution is -2.41. The second-order valence-corrected chi connectivity index (χ2v) is 5.59. The van der Waals surface area contributed by atoms with Crippen LogP contribution in [-0.4, -0.2) is 25.2 Å². The van der Waals surface area contributed by atoms with Crippen molar-refractivity contribution in [3.05, 3.63) is 26.7 Å². The Morgan fingerprint density at radius 3 is 2.48 bits per heavy atom. The zero-order valence-corrected chi connectivity index (χ0v) is 13.1. The highest BCUT2D eigenvalue weighted by Gasteiger charge is 2.19. The second kappa shape index (κ2) is 5.85. The molecule has 0 saturated heterocycles. The molecule has 0 unspecified atom stereocenters. The number of aromatic nitrogens is 4. The van der Waals surface area contributed by atoms with Crippen LogP contribution in [-0.2, 0) is 13.6 Å². The number of aryl methyl sites for hydroxylation is 2. The molecule has 2 N–H and O–H groups in total. The Labute approximate surface area is 123 Å². The number of unbranched alkanes of at least 4 members (excludes halogenated alkanes) is 1. The molecule has 0 aliphatic heterocycles. The van der Waals surface area contributed by atoms with E-state index in [1.165, 1.54) is 4.57 Å². The number of nitrogens with zero attached hydrogens (tertiary/aromatic N) is 4. The third-order valence-corrected chi connectivity index (χ3v) is 3.77. The van der Waals surface area contributed by atoms with Crippen LogP contribution in [0.15, 0.2) is 9.59 Å². The van der Waals surface area contributed by atoms with E-state index in [9.17, 15) is 9.59 Å². The topological polar surface area (TPSA) is 87.8 Å². The molecule has 0 fully saturated rings. The van der Waals surface area contributed by atoms with E-state index in [4.69, 9.17) is 5.73 Å². The molecule has 0 radical (unpaired) electrons. The fourth-order valence-electron chi connectivity index (χ4n) is 2.51. The summed E-state index contributed by atoms with van der Waals surface area (Å²) < 4.78 is 4.64. The molecule has 0 saturated carbocycles. The Balaban J connectivity index is 2.78. The number of nitrogens with two attached hydrogens (primary N) is 1. The maximum atomic E-state index is 12.6. The number of hydrogen-bond donors (Lipinski definition) is 1. The van der Waals surface area contributed by atoms with Crippen molar-refractivity contribution in [2.45, 2.75) is 46.2 Å². The van der Waals surface area contributed by atoms with Gasteiger partial charge in [0.25, 0.3) is 5.56 Å². The Bertz CT molecular complexity index is 766. The van der Waals surface area contributed by atoms with Crippen molar-refractivity contribution in [2.75, 3.05) is 6.54 Å². The highest BCUT2D eigenvalue weighted by atomic mass is 16.2. The van der Waals surface area contributed by atoms with Crippen molar-refractivity contribution in [3.63, 3.8) is 0 Å². The average molecular weight is 293 g/mol. The summed E-state index contributed by atoms with van der Waals surface area (Å²) in [5.74, 6) is 0.718. The maximum absolute atomic E-state index is 12.6. The molecule has 0 aliphatic rings. The number of fused-ring (bicyclic) bond motifs is 1. The highest BCUT2D eigenvalue weighted by molar-refractivity contribution is 5.71. The van der Waals surface area contributed by atoms with E-state index < -0.39 is 0 Å². The summed E-state index contributed by atoms with van der Waals surface area (Å²) >= 11 is 0. The van der Waals surface area contributed by atoms with Crippen molar-refractivity contribution >= 4 is 11.2 Å². The molecule has 0 aromatic carbocycles. The van der Waals surface area contributed by atoms with Crippen LogP contribution in [0.2, 0.25) is 0 Å². The van der Waals surface area contributed by atoms with Gasteiger partial charge in [-0.2, -0.15) is 0 Å². The number of imidazole rings is 1. The van der Waals surface area contributed by atoms with Gasteiger partial charge < -0.3 is 10.3 Å². The van der Waals surface area contributed by atoms with Crippen molar-refractivity contribution in [1.82, 2.24) is 18.7 Å². The molecular formula is C14H23N5O2. The molecule has 2 aromatic heterocycles. The first kappa shape index (κ1) is 15.5. The van der Waals surface area contributed by atoms with Crippen LogP contribution < -0.4 is 17.0 Å². The van der Waals surface area contributed by atoms with Gasteiger partial charge in [-0.3, -0.25) is 13.9 Å². The third-order valence-electron chi connectivity index (χ3n) is 3.77. The van der Waals surface area contributed by atoms with E-state index in [0.29, 0.717) is 30.7 Å². The third kappa shape index (κ3) is 2.53. The molecule has 0 bridgehead atoms. The molecule has 7 heteroatoms. The molecule has 21 heavy (non-hydrogen) atoms. The standard InChI is InChI=1S/C14H23N5O2/c1-9(2)19-12-11(17(4)10(3)16-12)13(20)18(14(19)21)8-6-5-7-15/h9H,5-8,15H2,1-4H3. The van der Waals surface area contributed by atoms with E-state index in [0.717, 1.165) is 12.2 Å². The number of hydrogen-bond acceptors (Lipinski definition) is 4. The van der Waals surface area contributed by atoms with Gasteiger partial charge in [0.15, 0.2) is 11.2 Å². The van der Waals surface area contributed by atoms with Gasteiger partial charge >= 0.3 is 5.69 Å². The van der Waals surface area contributed by atoms with Crippen LogP contribution in [0.4, 0.5) is 0 Å². The van der Waals surface area contributed by atoms with Crippen LogP contribution >= 0.6 is 0 Å². The van der Waals surface area contributed by atoms with Crippen LogP contribution in [0, 0.1) is 6.92 Å². The summed E-state index contributed by atoms with van der Waals surface area (Å²) in [6.45, 7) is 6.61. The minimum atomic E-state index is -0.294. The first-order valence-corrected chi connectivity index (χ1v) is 7.28. The molecule has 7 nitrogen and oxygen atoms in total. The first-order valence-electron chi connectivity index (χ1n) is 7.28. The molecule has 0 spiro atoms. The van der Waals surface area contributed by atoms with E-state index in [1.807, 2.05) is 20.8 Å². The maximum Gasteiger partial charge on any atom is 0.332 e. The fourth-order valence-corrected chi connectivity index (χ4v) is 2.51. The Kier molecular flexibility index (Phi) is 4.32. The van der Waals surface area contributed by atoms with Crippen molar-refractivity contribution < 1.29 is 0 Å². The smallest absolute Gasteiger partial charge is 0.330 e. The van der Waals surface area contributed by atoms with Gasteiger partial charge in [-0.1, -0.05) is 0 Å². The van der Waals surface area contributed by atoms with Crippen molar-refractivity contribution in [2.24, 2.45) is 12.8 Å². The summed E-state index contributed by atoms with van der Waals surface area (Å²) in [4.78, 5) is 29.6. The highest BCUT2D eigenvalue weighted by Crippen LogP contribution is 2.13. The van der Waals surface area contributed by atoms with Gasteiger partial charge in [0.1, 0.15) is 5.82 Å². The first-order chi connectivity index (χ1) is 9.90. The van der Waals surface area contributed by atoms with Crippen LogP contribution in [0.5, 0.6) is 0 Å². The second-order valence-electron chi connectivity index (χ2n) is 5.59. The monoisotopic (exact) mass is 293 g/mol. The zero-order valence-electron chi connectivity index (χ0n) is 13.1. The number of rotatable bonds is 5. The molecule has 2 rings (SSSR count). The largest absolute Gasteiger partial charge is 0.332 e. The normalized spacial score (nSPS) is 11.7. The van der Waals surface area contributed by atoms with Gasteiger partial charge in [0, 0.05) is 19.6 Å². The van der Waals surface area contributed by atoms with Gasteiger partial charge in [0.05, 0.1) is 0 Å². The summed E-state index contributed by atoms with van der Waals surface area (Å²) in [6.07, 6.45) is 1.50. The molecule has 116 valence electrons. The summed E-state index contributed by atoms with van der Waals surface area (Å²) in [5.41, 5.74) is 5.86. The summed E-state index contributed by atoms with van der Waals surface area (Å²) in [6, 6.07) is -0.0596. The van der Waals surface area contributed by atoms with Crippen molar-refractivity contribution in [1.29, 1.82) is 0 Å². The van der Waals surface area contributed by atoms with E-state index in [-0.39, 0.29) is 17.3 Å². The summed E-state index contributed by atoms with van der Waals surface area (Å²) in [5, 5.41) is 0. The van der Waals surface area contributed by atoms with E-state index >= 15 is 0 Å². The molecule has 0 aliphatic carbocycles. The van der Waals surface area contributed by atoms with Gasteiger partial charge in [-0.05, 0) is 40.2 Å². The molecule has 2 aromatic rings. The quantitative estimate of drug-likeness (QED) is 0.814. The van der Waals surface area contributed by atoms with Crippen LogP contribution in [0.25, 0.3) is 11.2 Å². The predicted molar refractivity (Wildman–Crippen MR) is 82.6 cm³/mol. The minimum Gasteiger partial charge on any atom is -0.330 e. The lowest BCUT2D eigenvalue weighted by molar-refractivity contribution is 0.506. The van der Waals surface area contributed by atoms with E-state index in [1.54, 1.807) is 16.2 Å². The molecule has 0 amide bonds. The average Bonchev–Trinajstić information content (AvgIpc) is 2.69.